The lowest BCUT2D eigenvalue weighted by Gasteiger charge is -2.19. The number of ether oxygens (including phenoxy) is 1. The molecule has 11 nitrogen and oxygen atoms in total. The van der Waals surface area contributed by atoms with Gasteiger partial charge in [0.2, 0.25) is 5.91 Å². The number of primary amides is 1. The van der Waals surface area contributed by atoms with E-state index >= 15 is 0 Å². The molecule has 0 saturated carbocycles. The van der Waals surface area contributed by atoms with E-state index in [0.717, 1.165) is 16.9 Å². The van der Waals surface area contributed by atoms with Gasteiger partial charge in [0.05, 0.1) is 11.0 Å². The van der Waals surface area contributed by atoms with Gasteiger partial charge in [0.15, 0.2) is 5.96 Å². The van der Waals surface area contributed by atoms with Crippen LogP contribution in [0.5, 0.6) is 11.5 Å². The Bertz CT molecular complexity index is 1810. The van der Waals surface area contributed by atoms with Crippen LogP contribution in [0.1, 0.15) is 40.4 Å². The summed E-state index contributed by atoms with van der Waals surface area (Å²) in [4.78, 5) is 39.0. The summed E-state index contributed by atoms with van der Waals surface area (Å²) in [5.41, 5.74) is 21.1. The molecule has 7 N–H and O–H groups in total. The minimum absolute atomic E-state index is 0.0193. The van der Waals surface area contributed by atoms with Gasteiger partial charge >= 0.3 is 0 Å². The number of carbonyl (C=O) groups is 2. The van der Waals surface area contributed by atoms with Crippen molar-refractivity contribution in [1.82, 2.24) is 19.9 Å². The molecular formula is C33H34N8O3. The Labute approximate surface area is 254 Å². The number of para-hydroxylation sites is 1. The Morgan fingerprint density at radius 2 is 1.84 bits per heavy atom. The lowest BCUT2D eigenvalue weighted by atomic mass is 10.1. The second-order valence-electron chi connectivity index (χ2n) is 10.3. The SMILES string of the molecule is Cc1ccccc1Oc1cccc(-c2nc3cc(C(=O)NCc4cccnc4)ccc3n2[C@H](CCCN=C(N)N)C(N)=O)c1. The summed E-state index contributed by atoms with van der Waals surface area (Å²) in [6.45, 7) is 2.65. The number of aromatic nitrogens is 3. The molecule has 0 spiro atoms. The highest BCUT2D eigenvalue weighted by atomic mass is 16.5. The maximum atomic E-state index is 13.1. The minimum Gasteiger partial charge on any atom is -0.457 e. The van der Waals surface area contributed by atoms with Gasteiger partial charge < -0.3 is 31.8 Å². The lowest BCUT2D eigenvalue weighted by molar-refractivity contribution is -0.121. The van der Waals surface area contributed by atoms with Crippen LogP contribution in [0, 0.1) is 6.92 Å². The number of amides is 2. The molecule has 2 heterocycles. The van der Waals surface area contributed by atoms with Gasteiger partial charge in [0.1, 0.15) is 23.4 Å². The number of aryl methyl sites for hydroxylation is 1. The van der Waals surface area contributed by atoms with Crippen LogP contribution in [0.25, 0.3) is 22.4 Å². The largest absolute Gasteiger partial charge is 0.457 e. The molecule has 2 amide bonds. The number of rotatable bonds is 12. The molecule has 0 aliphatic carbocycles. The fourth-order valence-electron chi connectivity index (χ4n) is 4.93. The van der Waals surface area contributed by atoms with E-state index < -0.39 is 11.9 Å². The highest BCUT2D eigenvalue weighted by Crippen LogP contribution is 2.34. The van der Waals surface area contributed by atoms with Gasteiger partial charge in [-0.25, -0.2) is 4.98 Å². The van der Waals surface area contributed by atoms with E-state index in [1.165, 1.54) is 0 Å². The maximum Gasteiger partial charge on any atom is 0.251 e. The van der Waals surface area contributed by atoms with Crippen molar-refractivity contribution in [2.24, 2.45) is 22.2 Å². The fraction of sp³-hybridized carbons (Fsp3) is 0.182. The van der Waals surface area contributed by atoms with Crippen LogP contribution in [0.2, 0.25) is 0 Å². The van der Waals surface area contributed by atoms with Gasteiger partial charge in [-0.1, -0.05) is 36.4 Å². The smallest absolute Gasteiger partial charge is 0.251 e. The number of imidazole rings is 1. The van der Waals surface area contributed by atoms with Crippen molar-refractivity contribution in [1.29, 1.82) is 0 Å². The summed E-state index contributed by atoms with van der Waals surface area (Å²) < 4.78 is 8.00. The monoisotopic (exact) mass is 590 g/mol. The van der Waals surface area contributed by atoms with Crippen molar-refractivity contribution in [3.8, 4) is 22.9 Å². The third-order valence-corrected chi connectivity index (χ3v) is 7.11. The predicted molar refractivity (Wildman–Crippen MR) is 170 cm³/mol. The molecule has 11 heteroatoms. The molecule has 0 unspecified atom stereocenters. The molecular weight excluding hydrogens is 556 g/mol. The summed E-state index contributed by atoms with van der Waals surface area (Å²) in [7, 11) is 0. The molecule has 0 aliphatic heterocycles. The second-order valence-corrected chi connectivity index (χ2v) is 10.3. The zero-order valence-corrected chi connectivity index (χ0v) is 24.3. The molecule has 0 aliphatic rings. The molecule has 0 saturated heterocycles. The van der Waals surface area contributed by atoms with Crippen LogP contribution in [0.4, 0.5) is 0 Å². The van der Waals surface area contributed by atoms with Crippen molar-refractivity contribution in [2.75, 3.05) is 6.54 Å². The van der Waals surface area contributed by atoms with Crippen LogP contribution in [-0.2, 0) is 11.3 Å². The number of nitrogens with two attached hydrogens (primary N) is 3. The molecule has 2 aromatic heterocycles. The van der Waals surface area contributed by atoms with Crippen molar-refractivity contribution in [3.05, 3.63) is 108 Å². The minimum atomic E-state index is -0.754. The van der Waals surface area contributed by atoms with Crippen LogP contribution in [-0.4, -0.2) is 38.9 Å². The highest BCUT2D eigenvalue weighted by Gasteiger charge is 2.25. The van der Waals surface area contributed by atoms with E-state index in [1.54, 1.807) is 30.6 Å². The Kier molecular flexibility index (Phi) is 9.14. The highest BCUT2D eigenvalue weighted by molar-refractivity contribution is 5.98. The zero-order valence-electron chi connectivity index (χ0n) is 24.3. The fourth-order valence-corrected chi connectivity index (χ4v) is 4.93. The molecule has 224 valence electrons. The molecule has 1 atom stereocenters. The predicted octanol–water partition coefficient (Wildman–Crippen LogP) is 4.21. The van der Waals surface area contributed by atoms with E-state index in [2.05, 4.69) is 15.3 Å². The standard InChI is InChI=1S/C33H34N8O3/c1-21-7-2-3-12-29(21)44-25-10-4-9-23(17-25)31-40-26-18-24(32(43)39-20-22-8-5-15-37-19-22)13-14-27(26)41(31)28(30(34)42)11-6-16-38-33(35)36/h2-5,7-10,12-15,17-19,28H,6,11,16,20H2,1H3,(H2,34,42)(H,39,43)(H4,35,36,38)/t28-/m1/s1. The quantitative estimate of drug-likeness (QED) is 0.0955. The lowest BCUT2D eigenvalue weighted by Crippen LogP contribution is -2.27. The number of nitrogens with zero attached hydrogens (tertiary/aromatic N) is 4. The first kappa shape index (κ1) is 29.8. The summed E-state index contributed by atoms with van der Waals surface area (Å²) >= 11 is 0. The number of aliphatic imine (C=N–C) groups is 1. The third kappa shape index (κ3) is 7.01. The average Bonchev–Trinajstić information content (AvgIpc) is 3.40. The van der Waals surface area contributed by atoms with Crippen LogP contribution in [0.15, 0.2) is 96.2 Å². The van der Waals surface area contributed by atoms with Gasteiger partial charge in [-0.3, -0.25) is 19.6 Å². The van der Waals surface area contributed by atoms with Crippen LogP contribution >= 0.6 is 0 Å². The molecule has 5 rings (SSSR count). The summed E-state index contributed by atoms with van der Waals surface area (Å²) in [5.74, 6) is 1.04. The van der Waals surface area contributed by atoms with Crippen LogP contribution in [0.3, 0.4) is 0 Å². The van der Waals surface area contributed by atoms with Gasteiger partial charge in [-0.2, -0.15) is 0 Å². The number of carbonyl (C=O) groups excluding carboxylic acids is 2. The van der Waals surface area contributed by atoms with Crippen molar-refractivity contribution in [2.45, 2.75) is 32.4 Å². The number of nitrogens with one attached hydrogen (secondary N) is 1. The maximum absolute atomic E-state index is 13.1. The molecule has 0 radical (unpaired) electrons. The number of fused-ring (bicyclic) bond motifs is 1. The number of hydrogen-bond donors (Lipinski definition) is 4. The Hall–Kier alpha value is -5.71. The number of guanidine groups is 1. The number of hydrogen-bond acceptors (Lipinski definition) is 6. The Morgan fingerprint density at radius 1 is 1.00 bits per heavy atom. The normalized spacial score (nSPS) is 11.6. The molecule has 44 heavy (non-hydrogen) atoms. The van der Waals surface area contributed by atoms with E-state index in [1.807, 2.05) is 72.2 Å². The van der Waals surface area contributed by atoms with Crippen molar-refractivity contribution < 1.29 is 14.3 Å². The van der Waals surface area contributed by atoms with E-state index in [9.17, 15) is 9.59 Å². The Balaban J connectivity index is 1.53. The molecule has 0 fully saturated rings. The summed E-state index contributed by atoms with van der Waals surface area (Å²) in [6.07, 6.45) is 4.26. The van der Waals surface area contributed by atoms with Crippen molar-refractivity contribution in [3.63, 3.8) is 0 Å². The average molecular weight is 591 g/mol. The third-order valence-electron chi connectivity index (χ3n) is 7.11. The summed E-state index contributed by atoms with van der Waals surface area (Å²) in [5, 5.41) is 2.92. The van der Waals surface area contributed by atoms with Crippen molar-refractivity contribution >= 4 is 28.8 Å². The zero-order chi connectivity index (χ0) is 31.1. The van der Waals surface area contributed by atoms with E-state index in [0.29, 0.717) is 59.7 Å². The van der Waals surface area contributed by atoms with Gasteiger partial charge in [-0.05, 0) is 73.4 Å². The van der Waals surface area contributed by atoms with E-state index in [4.69, 9.17) is 26.9 Å². The van der Waals surface area contributed by atoms with E-state index in [-0.39, 0.29) is 11.9 Å². The van der Waals surface area contributed by atoms with Gasteiger partial charge in [-0.15, -0.1) is 0 Å². The second kappa shape index (κ2) is 13.5. The topological polar surface area (TPSA) is 177 Å². The first-order chi connectivity index (χ1) is 21.3. The summed E-state index contributed by atoms with van der Waals surface area (Å²) in [6, 6.07) is 23.4. The van der Waals surface area contributed by atoms with Gasteiger partial charge in [0, 0.05) is 36.6 Å². The number of pyridine rings is 1. The first-order valence-electron chi connectivity index (χ1n) is 14.2. The van der Waals surface area contributed by atoms with Crippen LogP contribution < -0.4 is 27.3 Å². The molecule has 5 aromatic rings. The van der Waals surface area contributed by atoms with Gasteiger partial charge in [0.25, 0.3) is 5.91 Å². The first-order valence-corrected chi connectivity index (χ1v) is 14.2. The molecule has 0 bridgehead atoms. The number of benzene rings is 3. The Morgan fingerprint density at radius 3 is 2.59 bits per heavy atom. The molecule has 3 aromatic carbocycles.